The molecule has 0 amide bonds. The van der Waals surface area contributed by atoms with E-state index in [2.05, 4.69) is 14.9 Å². The molecule has 2 heterocycles. The van der Waals surface area contributed by atoms with Crippen LogP contribution in [0.5, 0.6) is 0 Å². The summed E-state index contributed by atoms with van der Waals surface area (Å²) in [6, 6.07) is 9.13. The number of esters is 1. The molecule has 0 saturated carbocycles. The van der Waals surface area contributed by atoms with Gasteiger partial charge in [-0.3, -0.25) is 4.79 Å². The van der Waals surface area contributed by atoms with E-state index < -0.39 is 12.0 Å². The number of carbonyl (C=O) groups excluding carboxylic acids is 1. The van der Waals surface area contributed by atoms with E-state index in [1.807, 2.05) is 0 Å². The molecule has 0 N–H and O–H groups in total. The fraction of sp³-hybridized carbons (Fsp3) is 0.176. The molecule has 3 rings (SSSR count). The number of benzene rings is 1. The van der Waals surface area contributed by atoms with Gasteiger partial charge in [0, 0.05) is 22.8 Å². The molecule has 128 valence electrons. The van der Waals surface area contributed by atoms with Crippen molar-refractivity contribution in [2.24, 2.45) is 0 Å². The second-order valence-corrected chi connectivity index (χ2v) is 5.73. The number of methoxy groups -OCH3 is 1. The summed E-state index contributed by atoms with van der Waals surface area (Å²) in [6.45, 7) is 1.57. The Labute approximate surface area is 147 Å². The van der Waals surface area contributed by atoms with E-state index in [1.54, 1.807) is 37.3 Å². The average Bonchev–Trinajstić information content (AvgIpc) is 3.11. The number of aromatic nitrogens is 3. The fourth-order valence-electron chi connectivity index (χ4n) is 2.27. The fourth-order valence-corrected chi connectivity index (χ4v) is 2.40. The van der Waals surface area contributed by atoms with Crippen LogP contribution in [0.15, 0.2) is 51.9 Å². The van der Waals surface area contributed by atoms with Gasteiger partial charge in [0.1, 0.15) is 6.04 Å². The molecular weight excluding hydrogens is 346 g/mol. The lowest BCUT2D eigenvalue weighted by molar-refractivity contribution is -0.144. The quantitative estimate of drug-likeness (QED) is 0.665. The standard InChI is InChI=1S/C17H14ClN3O4/c1-10(17(23)24-2)21-9-12(5-8-14(21)22)16-19-15(20-25-16)11-3-6-13(18)7-4-11/h3-10H,1-2H3/t10-/m0/s1. The Morgan fingerprint density at radius 1 is 1.20 bits per heavy atom. The van der Waals surface area contributed by atoms with Crippen LogP contribution in [0.3, 0.4) is 0 Å². The summed E-state index contributed by atoms with van der Waals surface area (Å²) in [5.41, 5.74) is 0.929. The van der Waals surface area contributed by atoms with Gasteiger partial charge in [-0.1, -0.05) is 16.8 Å². The van der Waals surface area contributed by atoms with Crippen LogP contribution < -0.4 is 5.56 Å². The molecule has 8 heteroatoms. The lowest BCUT2D eigenvalue weighted by Crippen LogP contribution is -2.27. The monoisotopic (exact) mass is 359 g/mol. The van der Waals surface area contributed by atoms with E-state index in [0.29, 0.717) is 16.4 Å². The molecule has 0 aliphatic rings. The Bertz CT molecular complexity index is 963. The zero-order chi connectivity index (χ0) is 18.0. The molecule has 0 aliphatic heterocycles. The Hall–Kier alpha value is -2.93. The molecule has 0 saturated heterocycles. The van der Waals surface area contributed by atoms with E-state index in [9.17, 15) is 9.59 Å². The zero-order valence-electron chi connectivity index (χ0n) is 13.5. The third-order valence-corrected chi connectivity index (χ3v) is 3.93. The molecule has 0 spiro atoms. The van der Waals surface area contributed by atoms with Crippen molar-refractivity contribution in [3.8, 4) is 22.8 Å². The predicted molar refractivity (Wildman–Crippen MR) is 91.2 cm³/mol. The Morgan fingerprint density at radius 2 is 1.88 bits per heavy atom. The first-order valence-corrected chi connectivity index (χ1v) is 7.77. The zero-order valence-corrected chi connectivity index (χ0v) is 14.2. The van der Waals surface area contributed by atoms with E-state index >= 15 is 0 Å². The molecule has 7 nitrogen and oxygen atoms in total. The van der Waals surface area contributed by atoms with Gasteiger partial charge >= 0.3 is 5.97 Å². The largest absolute Gasteiger partial charge is 0.467 e. The number of rotatable bonds is 4. The Balaban J connectivity index is 1.96. The minimum atomic E-state index is -0.767. The number of pyridine rings is 1. The number of halogens is 1. The van der Waals surface area contributed by atoms with Crippen molar-refractivity contribution < 1.29 is 14.1 Å². The molecular formula is C17H14ClN3O4. The number of nitrogens with zero attached hydrogens (tertiary/aromatic N) is 3. The van der Waals surface area contributed by atoms with Crippen LogP contribution in [-0.4, -0.2) is 27.8 Å². The lowest BCUT2D eigenvalue weighted by Gasteiger charge is -2.12. The molecule has 0 fully saturated rings. The number of ether oxygens (including phenoxy) is 1. The van der Waals surface area contributed by atoms with Gasteiger partial charge < -0.3 is 13.8 Å². The second-order valence-electron chi connectivity index (χ2n) is 5.29. The highest BCUT2D eigenvalue weighted by Crippen LogP contribution is 2.23. The van der Waals surface area contributed by atoms with Crippen LogP contribution in [0.2, 0.25) is 5.02 Å². The van der Waals surface area contributed by atoms with Gasteiger partial charge in [0.15, 0.2) is 0 Å². The number of hydrogen-bond donors (Lipinski definition) is 0. The average molecular weight is 360 g/mol. The maximum absolute atomic E-state index is 12.0. The summed E-state index contributed by atoms with van der Waals surface area (Å²) < 4.78 is 11.2. The van der Waals surface area contributed by atoms with Crippen molar-refractivity contribution >= 4 is 17.6 Å². The molecule has 1 atom stereocenters. The minimum Gasteiger partial charge on any atom is -0.467 e. The van der Waals surface area contributed by atoms with Crippen LogP contribution in [0.25, 0.3) is 22.8 Å². The summed E-state index contributed by atoms with van der Waals surface area (Å²) in [7, 11) is 1.27. The summed E-state index contributed by atoms with van der Waals surface area (Å²) in [5.74, 6) is 0.104. The van der Waals surface area contributed by atoms with Crippen LogP contribution in [-0.2, 0) is 9.53 Å². The molecule has 25 heavy (non-hydrogen) atoms. The highest BCUT2D eigenvalue weighted by atomic mass is 35.5. The van der Waals surface area contributed by atoms with Crippen molar-refractivity contribution in [2.75, 3.05) is 7.11 Å². The summed E-state index contributed by atoms with van der Waals surface area (Å²) in [5, 5.41) is 4.54. The predicted octanol–water partition coefficient (Wildman–Crippen LogP) is 2.95. The molecule has 3 aromatic rings. The topological polar surface area (TPSA) is 87.2 Å². The smallest absolute Gasteiger partial charge is 0.328 e. The SMILES string of the molecule is COC(=O)[C@H](C)n1cc(-c2nc(-c3ccc(Cl)cc3)no2)ccc1=O. The van der Waals surface area contributed by atoms with Crippen LogP contribution >= 0.6 is 11.6 Å². The molecule has 0 radical (unpaired) electrons. The van der Waals surface area contributed by atoms with Gasteiger partial charge in [0.2, 0.25) is 5.82 Å². The molecule has 0 unspecified atom stereocenters. The van der Waals surface area contributed by atoms with Gasteiger partial charge in [-0.15, -0.1) is 0 Å². The maximum Gasteiger partial charge on any atom is 0.328 e. The molecule has 2 aromatic heterocycles. The first-order valence-electron chi connectivity index (χ1n) is 7.39. The summed E-state index contributed by atoms with van der Waals surface area (Å²) >= 11 is 5.87. The van der Waals surface area contributed by atoms with Gasteiger partial charge in [0.25, 0.3) is 11.4 Å². The van der Waals surface area contributed by atoms with Gasteiger partial charge in [-0.25, -0.2) is 4.79 Å². The number of hydrogen-bond acceptors (Lipinski definition) is 6. The number of carbonyl (C=O) groups is 1. The first kappa shape index (κ1) is 16.9. The van der Waals surface area contributed by atoms with Crippen LogP contribution in [0.4, 0.5) is 0 Å². The van der Waals surface area contributed by atoms with Crippen molar-refractivity contribution in [2.45, 2.75) is 13.0 Å². The van der Waals surface area contributed by atoms with Gasteiger partial charge in [-0.05, 0) is 37.3 Å². The van der Waals surface area contributed by atoms with Crippen molar-refractivity contribution in [1.82, 2.24) is 14.7 Å². The van der Waals surface area contributed by atoms with Gasteiger partial charge in [-0.2, -0.15) is 4.98 Å². The second kappa shape index (κ2) is 6.90. The minimum absolute atomic E-state index is 0.232. The van der Waals surface area contributed by atoms with E-state index in [4.69, 9.17) is 16.1 Å². The normalized spacial score (nSPS) is 12.0. The third kappa shape index (κ3) is 3.46. The third-order valence-electron chi connectivity index (χ3n) is 3.67. The molecule has 0 bridgehead atoms. The van der Waals surface area contributed by atoms with Crippen molar-refractivity contribution in [3.05, 3.63) is 58.0 Å². The Kier molecular flexibility index (Phi) is 4.67. The first-order chi connectivity index (χ1) is 12.0. The highest BCUT2D eigenvalue weighted by molar-refractivity contribution is 6.30. The lowest BCUT2D eigenvalue weighted by atomic mass is 10.2. The van der Waals surface area contributed by atoms with E-state index in [0.717, 1.165) is 5.56 Å². The van der Waals surface area contributed by atoms with Crippen molar-refractivity contribution in [3.63, 3.8) is 0 Å². The van der Waals surface area contributed by atoms with E-state index in [-0.39, 0.29) is 11.4 Å². The maximum atomic E-state index is 12.0. The Morgan fingerprint density at radius 3 is 2.56 bits per heavy atom. The van der Waals surface area contributed by atoms with Crippen LogP contribution in [0, 0.1) is 0 Å². The molecule has 1 aromatic carbocycles. The van der Waals surface area contributed by atoms with E-state index in [1.165, 1.54) is 23.9 Å². The van der Waals surface area contributed by atoms with Crippen LogP contribution in [0.1, 0.15) is 13.0 Å². The summed E-state index contributed by atoms with van der Waals surface area (Å²) in [4.78, 5) is 28.0. The van der Waals surface area contributed by atoms with Crippen molar-refractivity contribution in [1.29, 1.82) is 0 Å². The highest BCUT2D eigenvalue weighted by Gasteiger charge is 2.18. The van der Waals surface area contributed by atoms with Gasteiger partial charge in [0.05, 0.1) is 12.7 Å². The molecule has 0 aliphatic carbocycles. The summed E-state index contributed by atoms with van der Waals surface area (Å²) in [6.07, 6.45) is 1.49.